The monoisotopic (exact) mass is 303 g/mol. The highest BCUT2D eigenvalue weighted by Gasteiger charge is 2.45. The van der Waals surface area contributed by atoms with Crippen molar-refractivity contribution >= 4 is 32.0 Å². The molecule has 2 heterocycles. The van der Waals surface area contributed by atoms with Crippen LogP contribution in [0.25, 0.3) is 0 Å². The average molecular weight is 303 g/mol. The minimum Gasteiger partial charge on any atom is -0.385 e. The van der Waals surface area contributed by atoms with Crippen LogP contribution in [-0.2, 0) is 10.0 Å². The van der Waals surface area contributed by atoms with Crippen LogP contribution in [0.15, 0.2) is 10.3 Å². The Labute approximate surface area is 114 Å². The first-order chi connectivity index (χ1) is 8.89. The van der Waals surface area contributed by atoms with E-state index in [1.54, 1.807) is 0 Å². The number of hydrogen-bond acceptors (Lipinski definition) is 6. The van der Waals surface area contributed by atoms with Gasteiger partial charge in [0.1, 0.15) is 4.21 Å². The molecule has 7 nitrogen and oxygen atoms in total. The zero-order valence-corrected chi connectivity index (χ0v) is 11.6. The summed E-state index contributed by atoms with van der Waals surface area (Å²) in [7, 11) is -3.64. The minimum atomic E-state index is -3.64. The number of nitrogens with two attached hydrogens (primary N) is 1. The fourth-order valence-electron chi connectivity index (χ4n) is 2.93. The molecule has 1 aliphatic heterocycles. The molecule has 2 N–H and O–H groups in total. The van der Waals surface area contributed by atoms with Gasteiger partial charge in [-0.25, -0.2) is 8.42 Å². The van der Waals surface area contributed by atoms with E-state index < -0.39 is 14.9 Å². The van der Waals surface area contributed by atoms with Gasteiger partial charge >= 0.3 is 5.69 Å². The molecule has 1 aliphatic carbocycles. The quantitative estimate of drug-likeness (QED) is 0.671. The van der Waals surface area contributed by atoms with Crippen LogP contribution in [-0.4, -0.2) is 30.2 Å². The summed E-state index contributed by atoms with van der Waals surface area (Å²) in [6, 6.07) is 1.12. The molecule has 19 heavy (non-hydrogen) atoms. The second-order valence-corrected chi connectivity index (χ2v) is 8.18. The zero-order valence-electron chi connectivity index (χ0n) is 9.98. The van der Waals surface area contributed by atoms with E-state index in [-0.39, 0.29) is 20.9 Å². The van der Waals surface area contributed by atoms with E-state index in [4.69, 9.17) is 5.73 Å². The summed E-state index contributed by atoms with van der Waals surface area (Å²) in [5, 5.41) is 10.7. The van der Waals surface area contributed by atoms with Gasteiger partial charge in [0.2, 0.25) is 0 Å². The summed E-state index contributed by atoms with van der Waals surface area (Å²) in [4.78, 5) is 10.1. The highest BCUT2D eigenvalue weighted by Crippen LogP contribution is 2.43. The third-order valence-corrected chi connectivity index (χ3v) is 7.16. The van der Waals surface area contributed by atoms with Crippen molar-refractivity contribution in [1.29, 1.82) is 0 Å². The normalized spacial score (nSPS) is 26.9. The number of hydrogen-bond donors (Lipinski definition) is 1. The Morgan fingerprint density at radius 1 is 1.47 bits per heavy atom. The highest BCUT2D eigenvalue weighted by molar-refractivity contribution is 7.91. The number of nitrogens with zero attached hydrogens (tertiary/aromatic N) is 2. The van der Waals surface area contributed by atoms with Crippen molar-refractivity contribution in [2.24, 2.45) is 5.92 Å². The number of piperidine rings is 1. The second-order valence-electron chi connectivity index (χ2n) is 4.98. The maximum Gasteiger partial charge on any atom is 0.304 e. The van der Waals surface area contributed by atoms with Crippen molar-refractivity contribution in [2.75, 3.05) is 12.3 Å². The Bertz CT molecular complexity index is 639. The predicted octanol–water partition coefficient (Wildman–Crippen LogP) is 1.41. The first-order valence-electron chi connectivity index (χ1n) is 5.95. The summed E-state index contributed by atoms with van der Waals surface area (Å²) in [5.74, 6) is 0.437. The largest absolute Gasteiger partial charge is 0.385 e. The van der Waals surface area contributed by atoms with Gasteiger partial charge in [0.05, 0.1) is 4.92 Å². The summed E-state index contributed by atoms with van der Waals surface area (Å²) in [5.41, 5.74) is 5.18. The lowest BCUT2D eigenvalue weighted by atomic mass is 10.1. The highest BCUT2D eigenvalue weighted by atomic mass is 32.2. The first-order valence-corrected chi connectivity index (χ1v) is 8.21. The maximum atomic E-state index is 12.5. The van der Waals surface area contributed by atoms with E-state index in [1.807, 2.05) is 0 Å². The van der Waals surface area contributed by atoms with Gasteiger partial charge in [0.15, 0.2) is 5.00 Å². The molecular formula is C10H13N3O4S2. The molecule has 2 fully saturated rings. The minimum absolute atomic E-state index is 0.0238. The summed E-state index contributed by atoms with van der Waals surface area (Å²) in [6.07, 6.45) is 2.86. The first kappa shape index (κ1) is 12.8. The second kappa shape index (κ2) is 4.15. The topological polar surface area (TPSA) is 107 Å². The lowest BCUT2D eigenvalue weighted by Gasteiger charge is -2.25. The van der Waals surface area contributed by atoms with Gasteiger partial charge in [-0.15, -0.1) is 0 Å². The predicted molar refractivity (Wildman–Crippen MR) is 70.4 cm³/mol. The maximum absolute atomic E-state index is 12.5. The van der Waals surface area contributed by atoms with Crippen LogP contribution in [0.1, 0.15) is 19.3 Å². The molecule has 2 unspecified atom stereocenters. The summed E-state index contributed by atoms with van der Waals surface area (Å²) in [6.45, 7) is 0.526. The SMILES string of the molecule is Nc1sc(S(=O)(=O)N2CC3CCC2C3)cc1[N+](=O)[O-]. The number of rotatable bonds is 3. The van der Waals surface area contributed by atoms with E-state index in [1.165, 1.54) is 4.31 Å². The molecule has 3 rings (SSSR count). The van der Waals surface area contributed by atoms with Crippen LogP contribution in [0.3, 0.4) is 0 Å². The van der Waals surface area contributed by atoms with Crippen LogP contribution in [0.5, 0.6) is 0 Å². The molecule has 0 radical (unpaired) electrons. The van der Waals surface area contributed by atoms with Gasteiger partial charge < -0.3 is 5.73 Å². The Balaban J connectivity index is 1.97. The molecule has 0 aromatic carbocycles. The number of nitro groups is 1. The summed E-state index contributed by atoms with van der Waals surface area (Å²) >= 11 is 0.770. The van der Waals surface area contributed by atoms with E-state index in [0.29, 0.717) is 12.5 Å². The lowest BCUT2D eigenvalue weighted by Crippen LogP contribution is -2.37. The molecule has 2 bridgehead atoms. The van der Waals surface area contributed by atoms with Crippen LogP contribution >= 0.6 is 11.3 Å². The number of fused-ring (bicyclic) bond motifs is 2. The van der Waals surface area contributed by atoms with Crippen LogP contribution in [0.4, 0.5) is 10.7 Å². The Morgan fingerprint density at radius 3 is 2.68 bits per heavy atom. The van der Waals surface area contributed by atoms with Gasteiger partial charge in [-0.05, 0) is 25.2 Å². The third-order valence-electron chi connectivity index (χ3n) is 3.84. The van der Waals surface area contributed by atoms with E-state index >= 15 is 0 Å². The Hall–Kier alpha value is -1.19. The smallest absolute Gasteiger partial charge is 0.304 e. The molecular weight excluding hydrogens is 290 g/mol. The number of anilines is 1. The molecule has 2 aliphatic rings. The Morgan fingerprint density at radius 2 is 2.21 bits per heavy atom. The van der Waals surface area contributed by atoms with E-state index in [0.717, 1.165) is 36.7 Å². The van der Waals surface area contributed by atoms with Crippen molar-refractivity contribution in [3.05, 3.63) is 16.2 Å². The zero-order chi connectivity index (χ0) is 13.8. The molecule has 9 heteroatoms. The third kappa shape index (κ3) is 1.92. The van der Waals surface area contributed by atoms with Gasteiger partial charge in [0, 0.05) is 18.7 Å². The average Bonchev–Trinajstić information content (AvgIpc) is 3.01. The molecule has 1 saturated heterocycles. The van der Waals surface area contributed by atoms with Gasteiger partial charge in [-0.2, -0.15) is 4.31 Å². The fraction of sp³-hybridized carbons (Fsp3) is 0.600. The van der Waals surface area contributed by atoms with Crippen LogP contribution in [0.2, 0.25) is 0 Å². The molecule has 0 amide bonds. The van der Waals surface area contributed by atoms with Gasteiger partial charge in [-0.3, -0.25) is 10.1 Å². The molecule has 104 valence electrons. The van der Waals surface area contributed by atoms with Crippen molar-refractivity contribution < 1.29 is 13.3 Å². The number of sulfonamides is 1. The Kier molecular flexibility index (Phi) is 2.80. The van der Waals surface area contributed by atoms with Gasteiger partial charge in [-0.1, -0.05) is 11.3 Å². The fourth-order valence-corrected chi connectivity index (χ4v) is 6.02. The molecule has 0 spiro atoms. The van der Waals surface area contributed by atoms with Crippen molar-refractivity contribution in [1.82, 2.24) is 4.31 Å². The number of nitrogen functional groups attached to an aromatic ring is 1. The van der Waals surface area contributed by atoms with Gasteiger partial charge in [0.25, 0.3) is 10.0 Å². The van der Waals surface area contributed by atoms with Crippen molar-refractivity contribution in [2.45, 2.75) is 29.5 Å². The molecule has 2 atom stereocenters. The van der Waals surface area contributed by atoms with Crippen LogP contribution < -0.4 is 5.73 Å². The standard InChI is InChI=1S/C10H13N3O4S2/c11-10-8(13(14)15)4-9(18-10)19(16,17)12-5-6-1-2-7(12)3-6/h4,6-7H,1-3,5,11H2. The molecule has 1 aromatic rings. The van der Waals surface area contributed by atoms with E-state index in [9.17, 15) is 18.5 Å². The van der Waals surface area contributed by atoms with Crippen molar-refractivity contribution in [3.63, 3.8) is 0 Å². The van der Waals surface area contributed by atoms with Crippen LogP contribution in [0, 0.1) is 16.0 Å². The van der Waals surface area contributed by atoms with E-state index in [2.05, 4.69) is 0 Å². The molecule has 1 saturated carbocycles. The lowest BCUT2D eigenvalue weighted by molar-refractivity contribution is -0.383. The molecule has 1 aromatic heterocycles. The summed E-state index contributed by atoms with van der Waals surface area (Å²) < 4.78 is 26.4. The number of thiophene rings is 1. The van der Waals surface area contributed by atoms with Crippen molar-refractivity contribution in [3.8, 4) is 0 Å².